The largest absolute Gasteiger partial charge is 0.464 e. The standard InChI is InChI=1S/C18H26N4O3/c1-11-6-14(11)17-5-4-13(25-17)7-22-8-15(16(23)9-22)21(3)10-18-20-19-12(2)24-18/h4-5,11,14-16,23H,6-10H2,1-3H3/t11-,14-,15+,16+/m0/s1. The second-order valence-corrected chi connectivity index (χ2v) is 7.58. The van der Waals surface area contributed by atoms with Gasteiger partial charge in [-0.3, -0.25) is 9.80 Å². The van der Waals surface area contributed by atoms with Crippen LogP contribution in [0.4, 0.5) is 0 Å². The number of β-amino-alcohol motifs (C(OH)–C–C–N with tert-alkyl or cyclic N) is 1. The van der Waals surface area contributed by atoms with E-state index in [0.717, 1.165) is 30.5 Å². The highest BCUT2D eigenvalue weighted by atomic mass is 16.4. The molecule has 2 aromatic heterocycles. The molecule has 0 aromatic carbocycles. The van der Waals surface area contributed by atoms with Crippen molar-refractivity contribution >= 4 is 0 Å². The van der Waals surface area contributed by atoms with E-state index in [1.165, 1.54) is 6.42 Å². The molecule has 1 N–H and O–H groups in total. The summed E-state index contributed by atoms with van der Waals surface area (Å²) in [7, 11) is 1.98. The van der Waals surface area contributed by atoms with E-state index in [4.69, 9.17) is 8.83 Å². The van der Waals surface area contributed by atoms with Gasteiger partial charge >= 0.3 is 0 Å². The number of hydrogen-bond acceptors (Lipinski definition) is 7. The van der Waals surface area contributed by atoms with Crippen molar-refractivity contribution in [3.8, 4) is 0 Å². The first-order valence-corrected chi connectivity index (χ1v) is 8.98. The monoisotopic (exact) mass is 346 g/mol. The summed E-state index contributed by atoms with van der Waals surface area (Å²) in [5.41, 5.74) is 0. The summed E-state index contributed by atoms with van der Waals surface area (Å²) in [4.78, 5) is 4.32. The zero-order chi connectivity index (χ0) is 17.6. The maximum atomic E-state index is 10.4. The summed E-state index contributed by atoms with van der Waals surface area (Å²) in [5, 5.41) is 18.3. The van der Waals surface area contributed by atoms with Crippen LogP contribution in [-0.4, -0.2) is 57.4 Å². The van der Waals surface area contributed by atoms with Crippen LogP contribution in [0.1, 0.15) is 42.6 Å². The maximum Gasteiger partial charge on any atom is 0.230 e. The molecular weight excluding hydrogens is 320 g/mol. The van der Waals surface area contributed by atoms with Gasteiger partial charge in [0.1, 0.15) is 11.5 Å². The number of likely N-dealkylation sites (N-methyl/N-ethyl adjacent to an activating group) is 1. The van der Waals surface area contributed by atoms with Crippen molar-refractivity contribution in [2.45, 2.75) is 51.4 Å². The molecule has 7 heteroatoms. The molecule has 2 fully saturated rings. The Morgan fingerprint density at radius 1 is 1.28 bits per heavy atom. The van der Waals surface area contributed by atoms with Crippen molar-refractivity contribution in [3.05, 3.63) is 35.4 Å². The summed E-state index contributed by atoms with van der Waals surface area (Å²) < 4.78 is 11.4. The molecule has 4 rings (SSSR count). The van der Waals surface area contributed by atoms with E-state index < -0.39 is 6.10 Å². The zero-order valence-corrected chi connectivity index (χ0v) is 15.1. The van der Waals surface area contributed by atoms with Crippen LogP contribution in [0, 0.1) is 12.8 Å². The van der Waals surface area contributed by atoms with Gasteiger partial charge in [-0.2, -0.15) is 0 Å². The fraction of sp³-hybridized carbons (Fsp3) is 0.667. The Morgan fingerprint density at radius 2 is 2.08 bits per heavy atom. The lowest BCUT2D eigenvalue weighted by Crippen LogP contribution is -2.40. The number of aliphatic hydroxyl groups is 1. The number of aryl methyl sites for hydroxylation is 1. The molecule has 1 aliphatic heterocycles. The molecule has 136 valence electrons. The number of likely N-dealkylation sites (tertiary alicyclic amines) is 1. The molecular formula is C18H26N4O3. The topological polar surface area (TPSA) is 78.8 Å². The van der Waals surface area contributed by atoms with Gasteiger partial charge in [-0.15, -0.1) is 10.2 Å². The minimum Gasteiger partial charge on any atom is -0.464 e. The summed E-state index contributed by atoms with van der Waals surface area (Å²) in [6, 6.07) is 4.23. The molecule has 0 bridgehead atoms. The number of aromatic nitrogens is 2. The van der Waals surface area contributed by atoms with Crippen molar-refractivity contribution in [2.75, 3.05) is 20.1 Å². The van der Waals surface area contributed by atoms with E-state index >= 15 is 0 Å². The van der Waals surface area contributed by atoms with Crippen LogP contribution < -0.4 is 0 Å². The zero-order valence-electron chi connectivity index (χ0n) is 15.1. The average Bonchev–Trinajstić information content (AvgIpc) is 2.95. The van der Waals surface area contributed by atoms with E-state index in [1.54, 1.807) is 6.92 Å². The highest BCUT2D eigenvalue weighted by molar-refractivity contribution is 5.17. The van der Waals surface area contributed by atoms with Gasteiger partial charge in [-0.05, 0) is 31.5 Å². The van der Waals surface area contributed by atoms with Gasteiger partial charge < -0.3 is 13.9 Å². The van der Waals surface area contributed by atoms with E-state index in [2.05, 4.69) is 39.1 Å². The number of hydrogen-bond donors (Lipinski definition) is 1. The van der Waals surface area contributed by atoms with Gasteiger partial charge in [0.2, 0.25) is 11.8 Å². The van der Waals surface area contributed by atoms with Crippen LogP contribution >= 0.6 is 0 Å². The fourth-order valence-corrected chi connectivity index (χ4v) is 3.76. The van der Waals surface area contributed by atoms with Crippen molar-refractivity contribution in [2.24, 2.45) is 5.92 Å². The molecule has 2 aliphatic rings. The third-order valence-corrected chi connectivity index (χ3v) is 5.39. The van der Waals surface area contributed by atoms with E-state index in [-0.39, 0.29) is 6.04 Å². The van der Waals surface area contributed by atoms with Crippen LogP contribution in [0.2, 0.25) is 0 Å². The van der Waals surface area contributed by atoms with Gasteiger partial charge in [0.25, 0.3) is 0 Å². The Morgan fingerprint density at radius 3 is 2.76 bits per heavy atom. The second-order valence-electron chi connectivity index (χ2n) is 7.58. The second kappa shape index (κ2) is 6.55. The minimum absolute atomic E-state index is 0.0464. The summed E-state index contributed by atoms with van der Waals surface area (Å²) >= 11 is 0. The lowest BCUT2D eigenvalue weighted by molar-refractivity contribution is 0.0898. The predicted molar refractivity (Wildman–Crippen MR) is 90.8 cm³/mol. The Bertz CT molecular complexity index is 727. The first kappa shape index (κ1) is 16.8. The molecule has 3 heterocycles. The third kappa shape index (κ3) is 3.63. The van der Waals surface area contributed by atoms with Gasteiger partial charge in [-0.25, -0.2) is 0 Å². The predicted octanol–water partition coefficient (Wildman–Crippen LogP) is 1.77. The molecule has 0 radical (unpaired) electrons. The van der Waals surface area contributed by atoms with Crippen molar-refractivity contribution < 1.29 is 13.9 Å². The van der Waals surface area contributed by atoms with Gasteiger partial charge in [0, 0.05) is 32.0 Å². The molecule has 0 unspecified atom stereocenters. The maximum absolute atomic E-state index is 10.4. The van der Waals surface area contributed by atoms with Crippen LogP contribution in [0.15, 0.2) is 21.0 Å². The highest BCUT2D eigenvalue weighted by Gasteiger charge is 2.37. The molecule has 1 aliphatic carbocycles. The third-order valence-electron chi connectivity index (χ3n) is 5.39. The highest BCUT2D eigenvalue weighted by Crippen LogP contribution is 2.47. The molecule has 2 aromatic rings. The van der Waals surface area contributed by atoms with E-state index in [1.807, 2.05) is 7.05 Å². The number of nitrogens with zero attached hydrogens (tertiary/aromatic N) is 4. The molecule has 1 saturated heterocycles. The van der Waals surface area contributed by atoms with Crippen molar-refractivity contribution in [1.82, 2.24) is 20.0 Å². The van der Waals surface area contributed by atoms with Crippen molar-refractivity contribution in [1.29, 1.82) is 0 Å². The molecule has 1 saturated carbocycles. The fourth-order valence-electron chi connectivity index (χ4n) is 3.76. The van der Waals surface area contributed by atoms with Crippen LogP contribution in [0.3, 0.4) is 0 Å². The normalized spacial score (nSPS) is 29.6. The SMILES string of the molecule is Cc1nnc(CN(C)[C@@H]2CN(Cc3ccc([C@H]4C[C@@H]4C)o3)C[C@H]2O)o1. The number of rotatable bonds is 6. The molecule has 0 spiro atoms. The summed E-state index contributed by atoms with van der Waals surface area (Å²) in [5.74, 6) is 4.60. The quantitative estimate of drug-likeness (QED) is 0.854. The van der Waals surface area contributed by atoms with Gasteiger partial charge in [0.15, 0.2) is 0 Å². The Labute approximate surface area is 147 Å². The summed E-state index contributed by atoms with van der Waals surface area (Å²) in [6.07, 6.45) is 0.837. The lowest BCUT2D eigenvalue weighted by atomic mass is 10.2. The lowest BCUT2D eigenvalue weighted by Gasteiger charge is -2.24. The Hall–Kier alpha value is -1.70. The van der Waals surface area contributed by atoms with Crippen LogP contribution in [0.5, 0.6) is 0 Å². The average molecular weight is 346 g/mol. The van der Waals surface area contributed by atoms with Crippen molar-refractivity contribution in [3.63, 3.8) is 0 Å². The first-order chi connectivity index (χ1) is 12.0. The molecule has 4 atom stereocenters. The Balaban J connectivity index is 1.33. The van der Waals surface area contributed by atoms with Crippen LogP contribution in [0.25, 0.3) is 0 Å². The molecule has 0 amide bonds. The van der Waals surface area contributed by atoms with E-state index in [9.17, 15) is 5.11 Å². The minimum atomic E-state index is -0.396. The van der Waals surface area contributed by atoms with Gasteiger partial charge in [0.05, 0.1) is 19.2 Å². The number of aliphatic hydroxyl groups excluding tert-OH is 1. The number of furan rings is 1. The Kier molecular flexibility index (Phi) is 4.39. The van der Waals surface area contributed by atoms with E-state index in [0.29, 0.717) is 30.8 Å². The summed E-state index contributed by atoms with van der Waals surface area (Å²) in [6.45, 7) is 6.76. The first-order valence-electron chi connectivity index (χ1n) is 8.98. The van der Waals surface area contributed by atoms with Gasteiger partial charge in [-0.1, -0.05) is 6.92 Å². The molecule has 7 nitrogen and oxygen atoms in total. The smallest absolute Gasteiger partial charge is 0.230 e. The van der Waals surface area contributed by atoms with Crippen LogP contribution in [-0.2, 0) is 13.1 Å². The molecule has 25 heavy (non-hydrogen) atoms.